The highest BCUT2D eigenvalue weighted by atomic mass is 79.9. The Hall–Kier alpha value is -0.830. The number of rotatable bonds is 5. The molecule has 0 N–H and O–H groups in total. The highest BCUT2D eigenvalue weighted by molar-refractivity contribution is 9.10. The largest absolute Gasteiger partial charge is 0.336 e. The molecule has 1 aliphatic carbocycles. The molecule has 0 unspecified atom stereocenters. The van der Waals surface area contributed by atoms with Crippen molar-refractivity contribution in [3.05, 3.63) is 33.8 Å². The van der Waals surface area contributed by atoms with E-state index in [-0.39, 0.29) is 5.91 Å². The number of hydrogen-bond donors (Lipinski definition) is 0. The van der Waals surface area contributed by atoms with Crippen molar-refractivity contribution in [2.24, 2.45) is 5.92 Å². The van der Waals surface area contributed by atoms with Gasteiger partial charge in [-0.3, -0.25) is 4.79 Å². The Bertz CT molecular complexity index is 492. The maximum atomic E-state index is 13.0. The molecule has 0 aliphatic heterocycles. The second-order valence-corrected chi connectivity index (χ2v) is 7.46. The van der Waals surface area contributed by atoms with Crippen molar-refractivity contribution < 1.29 is 4.79 Å². The molecule has 116 valence electrons. The fraction of sp³-hybridized carbons (Fsp3) is 0.611. The van der Waals surface area contributed by atoms with Crippen molar-refractivity contribution in [1.29, 1.82) is 0 Å². The zero-order valence-electron chi connectivity index (χ0n) is 13.4. The van der Waals surface area contributed by atoms with Gasteiger partial charge in [0.1, 0.15) is 0 Å². The lowest BCUT2D eigenvalue weighted by Crippen LogP contribution is -2.40. The zero-order valence-corrected chi connectivity index (χ0v) is 14.9. The number of carbonyl (C=O) groups excluding carboxylic acids is 1. The Balaban J connectivity index is 2.19. The summed E-state index contributed by atoms with van der Waals surface area (Å²) in [6.45, 7) is 7.37. The fourth-order valence-corrected chi connectivity index (χ4v) is 3.67. The van der Waals surface area contributed by atoms with E-state index in [4.69, 9.17) is 0 Å². The third kappa shape index (κ3) is 4.32. The number of benzene rings is 1. The number of halogens is 1. The second kappa shape index (κ2) is 7.44. The lowest BCUT2D eigenvalue weighted by molar-refractivity contribution is 0.0671. The topological polar surface area (TPSA) is 20.3 Å². The average molecular weight is 352 g/mol. The van der Waals surface area contributed by atoms with Gasteiger partial charge < -0.3 is 4.90 Å². The molecule has 1 saturated carbocycles. The van der Waals surface area contributed by atoms with E-state index in [1.54, 1.807) is 0 Å². The van der Waals surface area contributed by atoms with Crippen LogP contribution in [0, 0.1) is 12.8 Å². The molecule has 0 spiro atoms. The van der Waals surface area contributed by atoms with Crippen LogP contribution in [0.15, 0.2) is 22.7 Å². The molecule has 0 atom stereocenters. The van der Waals surface area contributed by atoms with E-state index in [1.807, 2.05) is 25.1 Å². The Morgan fingerprint density at radius 2 is 2.00 bits per heavy atom. The maximum absolute atomic E-state index is 13.0. The molecule has 1 aromatic carbocycles. The molecule has 21 heavy (non-hydrogen) atoms. The van der Waals surface area contributed by atoms with Crippen LogP contribution in [0.5, 0.6) is 0 Å². The van der Waals surface area contributed by atoms with Crippen LogP contribution in [0.3, 0.4) is 0 Å². The third-order valence-electron chi connectivity index (χ3n) is 4.33. The van der Waals surface area contributed by atoms with Gasteiger partial charge >= 0.3 is 0 Å². The van der Waals surface area contributed by atoms with Crippen LogP contribution in [-0.4, -0.2) is 23.4 Å². The summed E-state index contributed by atoms with van der Waals surface area (Å²) in [7, 11) is 0. The SMILES string of the molecule is Cc1ccc(C(=O)N(CCC(C)C)C2CCCC2)c(Br)c1. The third-order valence-corrected chi connectivity index (χ3v) is 4.98. The van der Waals surface area contributed by atoms with Gasteiger partial charge in [-0.15, -0.1) is 0 Å². The summed E-state index contributed by atoms with van der Waals surface area (Å²) >= 11 is 3.56. The first-order chi connectivity index (χ1) is 9.99. The van der Waals surface area contributed by atoms with Crippen molar-refractivity contribution in [2.45, 2.75) is 58.9 Å². The molecule has 0 radical (unpaired) electrons. The highest BCUT2D eigenvalue weighted by Crippen LogP contribution is 2.28. The predicted molar refractivity (Wildman–Crippen MR) is 91.6 cm³/mol. The van der Waals surface area contributed by atoms with Gasteiger partial charge in [0.05, 0.1) is 5.56 Å². The first-order valence-corrected chi connectivity index (χ1v) is 8.85. The molecule has 0 heterocycles. The van der Waals surface area contributed by atoms with Gasteiger partial charge in [0.15, 0.2) is 0 Å². The lowest BCUT2D eigenvalue weighted by Gasteiger charge is -2.30. The average Bonchev–Trinajstić information content (AvgIpc) is 2.92. The number of nitrogens with zero attached hydrogens (tertiary/aromatic N) is 1. The van der Waals surface area contributed by atoms with Gasteiger partial charge in [-0.05, 0) is 65.7 Å². The molecule has 1 aromatic rings. The monoisotopic (exact) mass is 351 g/mol. The van der Waals surface area contributed by atoms with Crippen molar-refractivity contribution in [3.8, 4) is 0 Å². The zero-order chi connectivity index (χ0) is 15.4. The quantitative estimate of drug-likeness (QED) is 0.714. The molecular formula is C18H26BrNO. The number of amides is 1. The van der Waals surface area contributed by atoms with Crippen LogP contribution < -0.4 is 0 Å². The summed E-state index contributed by atoms with van der Waals surface area (Å²) in [5.41, 5.74) is 1.98. The molecule has 1 aliphatic rings. The van der Waals surface area contributed by atoms with Crippen LogP contribution in [0.25, 0.3) is 0 Å². The van der Waals surface area contributed by atoms with E-state index in [1.165, 1.54) is 18.4 Å². The van der Waals surface area contributed by atoms with E-state index in [9.17, 15) is 4.79 Å². The summed E-state index contributed by atoms with van der Waals surface area (Å²) in [5, 5.41) is 0. The highest BCUT2D eigenvalue weighted by Gasteiger charge is 2.28. The normalized spacial score (nSPS) is 15.7. The van der Waals surface area contributed by atoms with E-state index < -0.39 is 0 Å². The minimum atomic E-state index is 0.189. The van der Waals surface area contributed by atoms with Gasteiger partial charge in [-0.25, -0.2) is 0 Å². The van der Waals surface area contributed by atoms with Crippen LogP contribution in [0.2, 0.25) is 0 Å². The van der Waals surface area contributed by atoms with Crippen LogP contribution in [-0.2, 0) is 0 Å². The van der Waals surface area contributed by atoms with Gasteiger partial charge in [-0.1, -0.05) is 32.8 Å². The van der Waals surface area contributed by atoms with E-state index in [0.29, 0.717) is 12.0 Å². The fourth-order valence-electron chi connectivity index (χ4n) is 3.01. The standard InChI is InChI=1S/C18H26BrNO/c1-13(2)10-11-20(15-6-4-5-7-15)18(21)16-9-8-14(3)12-17(16)19/h8-9,12-13,15H,4-7,10-11H2,1-3H3. The van der Waals surface area contributed by atoms with E-state index >= 15 is 0 Å². The van der Waals surface area contributed by atoms with Crippen LogP contribution in [0.4, 0.5) is 0 Å². The van der Waals surface area contributed by atoms with Gasteiger partial charge in [-0.2, -0.15) is 0 Å². The minimum absolute atomic E-state index is 0.189. The molecule has 0 bridgehead atoms. The molecule has 1 fully saturated rings. The summed E-state index contributed by atoms with van der Waals surface area (Å²) in [6.07, 6.45) is 5.91. The van der Waals surface area contributed by atoms with Crippen LogP contribution >= 0.6 is 15.9 Å². The van der Waals surface area contributed by atoms with E-state index in [2.05, 4.69) is 34.7 Å². The summed E-state index contributed by atoms with van der Waals surface area (Å²) in [4.78, 5) is 15.1. The maximum Gasteiger partial charge on any atom is 0.255 e. The molecule has 0 aromatic heterocycles. The molecule has 2 rings (SSSR count). The molecular weight excluding hydrogens is 326 g/mol. The van der Waals surface area contributed by atoms with Gasteiger partial charge in [0, 0.05) is 17.1 Å². The Morgan fingerprint density at radius 1 is 1.33 bits per heavy atom. The Labute approximate surface area is 137 Å². The molecule has 2 nitrogen and oxygen atoms in total. The van der Waals surface area contributed by atoms with E-state index in [0.717, 1.165) is 35.8 Å². The molecule has 0 saturated heterocycles. The first kappa shape index (κ1) is 16.5. The summed E-state index contributed by atoms with van der Waals surface area (Å²) < 4.78 is 0.917. The second-order valence-electron chi connectivity index (χ2n) is 6.60. The van der Waals surface area contributed by atoms with Crippen LogP contribution in [0.1, 0.15) is 61.9 Å². The number of hydrogen-bond acceptors (Lipinski definition) is 1. The Kier molecular flexibility index (Phi) is 5.86. The molecule has 1 amide bonds. The smallest absolute Gasteiger partial charge is 0.255 e. The first-order valence-electron chi connectivity index (χ1n) is 8.06. The van der Waals surface area contributed by atoms with Crippen molar-refractivity contribution >= 4 is 21.8 Å². The van der Waals surface area contributed by atoms with Crippen molar-refractivity contribution in [2.75, 3.05) is 6.54 Å². The Morgan fingerprint density at radius 3 is 2.57 bits per heavy atom. The summed E-state index contributed by atoms with van der Waals surface area (Å²) in [5.74, 6) is 0.817. The van der Waals surface area contributed by atoms with Gasteiger partial charge in [0.25, 0.3) is 5.91 Å². The minimum Gasteiger partial charge on any atom is -0.336 e. The number of aryl methyl sites for hydroxylation is 1. The summed E-state index contributed by atoms with van der Waals surface area (Å²) in [6, 6.07) is 6.44. The van der Waals surface area contributed by atoms with Crippen molar-refractivity contribution in [1.82, 2.24) is 4.90 Å². The predicted octanol–water partition coefficient (Wildman–Crippen LogP) is 5.19. The lowest BCUT2D eigenvalue weighted by atomic mass is 10.1. The van der Waals surface area contributed by atoms with Gasteiger partial charge in [0.2, 0.25) is 0 Å². The van der Waals surface area contributed by atoms with Crippen molar-refractivity contribution in [3.63, 3.8) is 0 Å². The number of carbonyl (C=O) groups is 1. The molecule has 3 heteroatoms.